The summed E-state index contributed by atoms with van der Waals surface area (Å²) in [7, 11) is 2.57. The Hall–Kier alpha value is -2.38. The Bertz CT molecular complexity index is 549. The summed E-state index contributed by atoms with van der Waals surface area (Å²) >= 11 is 0. The van der Waals surface area contributed by atoms with Crippen LogP contribution in [0.25, 0.3) is 0 Å². The lowest BCUT2D eigenvalue weighted by Crippen LogP contribution is -2.28. The standard InChI is InChI=1S/C11H14N4O4/c1-6-13-11-12-5-7(10(17)19-3)8(15(11)14-6)4-9(16)18-2/h5,8H,4H2,1-3H3,(H,12,13,14). The van der Waals surface area contributed by atoms with Crippen LogP contribution in [0.5, 0.6) is 0 Å². The largest absolute Gasteiger partial charge is 0.469 e. The van der Waals surface area contributed by atoms with E-state index in [1.165, 1.54) is 25.1 Å². The number of methoxy groups -OCH3 is 2. The molecule has 0 saturated heterocycles. The molecule has 0 radical (unpaired) electrons. The Morgan fingerprint density at radius 1 is 1.42 bits per heavy atom. The van der Waals surface area contributed by atoms with Crippen molar-refractivity contribution < 1.29 is 19.1 Å². The average molecular weight is 266 g/mol. The van der Waals surface area contributed by atoms with Gasteiger partial charge in [0.1, 0.15) is 5.82 Å². The van der Waals surface area contributed by atoms with Gasteiger partial charge < -0.3 is 14.8 Å². The second kappa shape index (κ2) is 5.09. The first-order valence-corrected chi connectivity index (χ1v) is 5.61. The third kappa shape index (κ3) is 2.42. The molecule has 2 rings (SSSR count). The van der Waals surface area contributed by atoms with Crippen LogP contribution in [0.3, 0.4) is 0 Å². The zero-order valence-corrected chi connectivity index (χ0v) is 10.8. The molecule has 1 aliphatic rings. The molecule has 8 heteroatoms. The van der Waals surface area contributed by atoms with E-state index in [2.05, 4.69) is 20.1 Å². The molecule has 1 aromatic heterocycles. The van der Waals surface area contributed by atoms with Gasteiger partial charge in [-0.3, -0.25) is 4.79 Å². The SMILES string of the molecule is COC(=O)CC1C(C(=O)OC)=CNc2nc(C)nn21. The highest BCUT2D eigenvalue weighted by Gasteiger charge is 2.32. The molecule has 2 heterocycles. The number of esters is 2. The molecular formula is C11H14N4O4. The minimum absolute atomic E-state index is 0.0189. The highest BCUT2D eigenvalue weighted by molar-refractivity contribution is 5.91. The van der Waals surface area contributed by atoms with Crippen molar-refractivity contribution in [1.82, 2.24) is 14.8 Å². The van der Waals surface area contributed by atoms with Crippen LogP contribution in [0.2, 0.25) is 0 Å². The van der Waals surface area contributed by atoms with Crippen LogP contribution >= 0.6 is 0 Å². The predicted octanol–water partition coefficient (Wildman–Crippen LogP) is 0.173. The van der Waals surface area contributed by atoms with Gasteiger partial charge in [0, 0.05) is 6.20 Å². The number of nitrogens with one attached hydrogen (secondary N) is 1. The third-order valence-corrected chi connectivity index (χ3v) is 2.76. The van der Waals surface area contributed by atoms with Crippen molar-refractivity contribution >= 4 is 17.9 Å². The Morgan fingerprint density at radius 3 is 2.79 bits per heavy atom. The summed E-state index contributed by atoms with van der Waals surface area (Å²) in [4.78, 5) is 27.3. The molecule has 1 atom stereocenters. The molecule has 8 nitrogen and oxygen atoms in total. The Morgan fingerprint density at radius 2 is 2.16 bits per heavy atom. The second-order valence-corrected chi connectivity index (χ2v) is 3.96. The molecule has 0 bridgehead atoms. The van der Waals surface area contributed by atoms with Crippen molar-refractivity contribution in [2.75, 3.05) is 19.5 Å². The average Bonchev–Trinajstić information content (AvgIpc) is 2.78. The number of hydrogen-bond acceptors (Lipinski definition) is 7. The Kier molecular flexibility index (Phi) is 3.50. The van der Waals surface area contributed by atoms with Gasteiger partial charge in [-0.05, 0) is 6.92 Å². The van der Waals surface area contributed by atoms with E-state index in [1.807, 2.05) is 0 Å². The summed E-state index contributed by atoms with van der Waals surface area (Å²) in [6.07, 6.45) is 1.46. The highest BCUT2D eigenvalue weighted by atomic mass is 16.5. The van der Waals surface area contributed by atoms with Crippen LogP contribution in [-0.4, -0.2) is 40.9 Å². The first-order chi connectivity index (χ1) is 9.06. The maximum atomic E-state index is 11.7. The van der Waals surface area contributed by atoms with Gasteiger partial charge in [-0.2, -0.15) is 10.1 Å². The lowest BCUT2D eigenvalue weighted by atomic mass is 10.0. The normalized spacial score (nSPS) is 17.0. The monoisotopic (exact) mass is 266 g/mol. The smallest absolute Gasteiger partial charge is 0.337 e. The molecule has 0 spiro atoms. The number of carbonyl (C=O) groups is 2. The van der Waals surface area contributed by atoms with Gasteiger partial charge in [0.2, 0.25) is 5.95 Å². The molecule has 0 aliphatic carbocycles. The zero-order chi connectivity index (χ0) is 14.0. The Balaban J connectivity index is 2.37. The van der Waals surface area contributed by atoms with Crippen molar-refractivity contribution in [3.05, 3.63) is 17.6 Å². The summed E-state index contributed by atoms with van der Waals surface area (Å²) in [5.41, 5.74) is 0.297. The van der Waals surface area contributed by atoms with Crippen molar-refractivity contribution in [2.45, 2.75) is 19.4 Å². The fourth-order valence-corrected chi connectivity index (χ4v) is 1.87. The lowest BCUT2D eigenvalue weighted by Gasteiger charge is -2.23. The van der Waals surface area contributed by atoms with E-state index < -0.39 is 18.0 Å². The molecular weight excluding hydrogens is 252 g/mol. The van der Waals surface area contributed by atoms with Crippen LogP contribution in [0.1, 0.15) is 18.3 Å². The molecule has 1 aliphatic heterocycles. The van der Waals surface area contributed by atoms with Crippen molar-refractivity contribution in [2.24, 2.45) is 0 Å². The Labute approximate surface area is 109 Å². The number of carbonyl (C=O) groups excluding carboxylic acids is 2. The predicted molar refractivity (Wildman–Crippen MR) is 64.2 cm³/mol. The molecule has 19 heavy (non-hydrogen) atoms. The summed E-state index contributed by atoms with van der Waals surface area (Å²) in [6.45, 7) is 1.72. The van der Waals surface area contributed by atoms with Crippen molar-refractivity contribution in [3.63, 3.8) is 0 Å². The van der Waals surface area contributed by atoms with E-state index in [9.17, 15) is 9.59 Å². The molecule has 1 aromatic rings. The van der Waals surface area contributed by atoms with E-state index in [1.54, 1.807) is 6.92 Å². The van der Waals surface area contributed by atoms with Gasteiger partial charge in [-0.25, -0.2) is 9.48 Å². The highest BCUT2D eigenvalue weighted by Crippen LogP contribution is 2.29. The van der Waals surface area contributed by atoms with E-state index in [4.69, 9.17) is 4.74 Å². The summed E-state index contributed by atoms with van der Waals surface area (Å²) in [6, 6.07) is -0.586. The number of aryl methyl sites for hydroxylation is 1. The van der Waals surface area contributed by atoms with Gasteiger partial charge >= 0.3 is 11.9 Å². The third-order valence-electron chi connectivity index (χ3n) is 2.76. The molecule has 0 aromatic carbocycles. The number of aromatic nitrogens is 3. The summed E-state index contributed by atoms with van der Waals surface area (Å²) in [5, 5.41) is 7.02. The summed E-state index contributed by atoms with van der Waals surface area (Å²) in [5.74, 6) is 0.0388. The second-order valence-electron chi connectivity index (χ2n) is 3.96. The number of fused-ring (bicyclic) bond motifs is 1. The van der Waals surface area contributed by atoms with E-state index in [0.717, 1.165) is 0 Å². The molecule has 102 valence electrons. The van der Waals surface area contributed by atoms with Gasteiger partial charge in [-0.1, -0.05) is 0 Å². The topological polar surface area (TPSA) is 95.3 Å². The minimum atomic E-state index is -0.586. The first-order valence-electron chi connectivity index (χ1n) is 5.61. The van der Waals surface area contributed by atoms with Gasteiger partial charge in [0.25, 0.3) is 0 Å². The zero-order valence-electron chi connectivity index (χ0n) is 10.8. The first kappa shape index (κ1) is 13.1. The molecule has 1 N–H and O–H groups in total. The van der Waals surface area contributed by atoms with Gasteiger partial charge in [-0.15, -0.1) is 0 Å². The van der Waals surface area contributed by atoms with Gasteiger partial charge in [0.15, 0.2) is 0 Å². The van der Waals surface area contributed by atoms with Crippen LogP contribution in [0.15, 0.2) is 11.8 Å². The molecule has 0 saturated carbocycles. The van der Waals surface area contributed by atoms with E-state index >= 15 is 0 Å². The fraction of sp³-hybridized carbons (Fsp3) is 0.455. The van der Waals surface area contributed by atoms with Crippen LogP contribution < -0.4 is 5.32 Å². The fourth-order valence-electron chi connectivity index (χ4n) is 1.87. The van der Waals surface area contributed by atoms with Crippen LogP contribution in [-0.2, 0) is 19.1 Å². The number of hydrogen-bond donors (Lipinski definition) is 1. The number of ether oxygens (including phenoxy) is 2. The van der Waals surface area contributed by atoms with Crippen molar-refractivity contribution in [3.8, 4) is 0 Å². The van der Waals surface area contributed by atoms with Crippen molar-refractivity contribution in [1.29, 1.82) is 0 Å². The molecule has 0 amide bonds. The molecule has 1 unspecified atom stereocenters. The van der Waals surface area contributed by atoms with E-state index in [-0.39, 0.29) is 6.42 Å². The lowest BCUT2D eigenvalue weighted by molar-refractivity contribution is -0.141. The molecule has 0 fully saturated rings. The maximum Gasteiger partial charge on any atom is 0.337 e. The quantitative estimate of drug-likeness (QED) is 0.779. The van der Waals surface area contributed by atoms with Crippen LogP contribution in [0, 0.1) is 6.92 Å². The van der Waals surface area contributed by atoms with Crippen LogP contribution in [0.4, 0.5) is 5.95 Å². The van der Waals surface area contributed by atoms with Gasteiger partial charge in [0.05, 0.1) is 32.3 Å². The number of rotatable bonds is 3. The minimum Gasteiger partial charge on any atom is -0.469 e. The maximum absolute atomic E-state index is 11.7. The van der Waals surface area contributed by atoms with E-state index in [0.29, 0.717) is 17.3 Å². The summed E-state index contributed by atoms with van der Waals surface area (Å²) < 4.78 is 10.8. The number of nitrogens with zero attached hydrogens (tertiary/aromatic N) is 3. The number of anilines is 1.